The van der Waals surface area contributed by atoms with Gasteiger partial charge in [0.25, 0.3) is 5.56 Å². The van der Waals surface area contributed by atoms with Crippen molar-refractivity contribution >= 4 is 11.2 Å². The van der Waals surface area contributed by atoms with Gasteiger partial charge >= 0.3 is 5.69 Å². The second-order valence-corrected chi connectivity index (χ2v) is 4.31. The van der Waals surface area contributed by atoms with Gasteiger partial charge in [-0.05, 0) is 6.92 Å². The third kappa shape index (κ3) is 2.32. The van der Waals surface area contributed by atoms with Crippen LogP contribution in [0.3, 0.4) is 0 Å². The van der Waals surface area contributed by atoms with Crippen LogP contribution in [0.2, 0.25) is 0 Å². The Morgan fingerprint density at radius 2 is 2.26 bits per heavy atom. The lowest BCUT2D eigenvalue weighted by Crippen LogP contribution is -2.32. The van der Waals surface area contributed by atoms with Crippen LogP contribution in [0.5, 0.6) is 0 Å². The Kier molecular flexibility index (Phi) is 3.82. The minimum atomic E-state index is -0.486. The summed E-state index contributed by atoms with van der Waals surface area (Å²) in [5, 5.41) is 0. The van der Waals surface area contributed by atoms with Crippen molar-refractivity contribution in [2.24, 2.45) is 5.73 Å². The molecule has 2 aromatic heterocycles. The highest BCUT2D eigenvalue weighted by atomic mass is 16.5. The molecule has 0 saturated heterocycles. The fourth-order valence-electron chi connectivity index (χ4n) is 1.93. The summed E-state index contributed by atoms with van der Waals surface area (Å²) in [5.74, 6) is 0. The van der Waals surface area contributed by atoms with Crippen molar-refractivity contribution in [2.75, 3.05) is 20.3 Å². The van der Waals surface area contributed by atoms with Crippen LogP contribution in [0.4, 0.5) is 0 Å². The predicted octanol–water partition coefficient (Wildman–Crippen LogP) is -0.948. The molecule has 0 saturated carbocycles. The van der Waals surface area contributed by atoms with E-state index in [-0.39, 0.29) is 6.04 Å². The molecule has 0 aromatic carbocycles. The van der Waals surface area contributed by atoms with Gasteiger partial charge in [0.15, 0.2) is 11.2 Å². The van der Waals surface area contributed by atoms with E-state index in [0.717, 1.165) is 0 Å². The number of ether oxygens (including phenoxy) is 1. The SMILES string of the molecule is COCCn1c(=O)[nH]c(=O)c2c1ncn2C(C)CN. The van der Waals surface area contributed by atoms with Gasteiger partial charge in [0.2, 0.25) is 0 Å². The van der Waals surface area contributed by atoms with Crippen LogP contribution in [-0.2, 0) is 11.3 Å². The molecule has 8 heteroatoms. The molecule has 2 heterocycles. The zero-order chi connectivity index (χ0) is 14.0. The summed E-state index contributed by atoms with van der Waals surface area (Å²) < 4.78 is 8.02. The maximum Gasteiger partial charge on any atom is 0.330 e. The molecule has 2 aromatic rings. The largest absolute Gasteiger partial charge is 0.383 e. The first-order chi connectivity index (χ1) is 9.10. The van der Waals surface area contributed by atoms with E-state index in [9.17, 15) is 9.59 Å². The zero-order valence-electron chi connectivity index (χ0n) is 10.9. The van der Waals surface area contributed by atoms with Crippen LogP contribution in [0.15, 0.2) is 15.9 Å². The number of aromatic amines is 1. The zero-order valence-corrected chi connectivity index (χ0v) is 10.9. The summed E-state index contributed by atoms with van der Waals surface area (Å²) >= 11 is 0. The predicted molar refractivity (Wildman–Crippen MR) is 70.3 cm³/mol. The van der Waals surface area contributed by atoms with Gasteiger partial charge in [-0.1, -0.05) is 0 Å². The van der Waals surface area contributed by atoms with Gasteiger partial charge in [-0.3, -0.25) is 14.3 Å². The summed E-state index contributed by atoms with van der Waals surface area (Å²) in [6.45, 7) is 2.95. The number of hydrogen-bond acceptors (Lipinski definition) is 5. The van der Waals surface area contributed by atoms with Gasteiger partial charge in [-0.2, -0.15) is 0 Å². The van der Waals surface area contributed by atoms with E-state index in [0.29, 0.717) is 30.9 Å². The molecule has 2 rings (SSSR count). The van der Waals surface area contributed by atoms with Crippen LogP contribution in [0, 0.1) is 0 Å². The Labute approximate surface area is 108 Å². The summed E-state index contributed by atoms with van der Waals surface area (Å²) in [6.07, 6.45) is 1.53. The highest BCUT2D eigenvalue weighted by molar-refractivity contribution is 5.70. The molecule has 3 N–H and O–H groups in total. The number of H-pyrrole nitrogens is 1. The first kappa shape index (κ1) is 13.5. The van der Waals surface area contributed by atoms with Crippen LogP contribution in [-0.4, -0.2) is 39.4 Å². The number of methoxy groups -OCH3 is 1. The number of nitrogens with one attached hydrogen (secondary N) is 1. The fourth-order valence-corrected chi connectivity index (χ4v) is 1.93. The van der Waals surface area contributed by atoms with Crippen LogP contribution < -0.4 is 17.0 Å². The molecule has 0 radical (unpaired) electrons. The van der Waals surface area contributed by atoms with Gasteiger partial charge in [0.05, 0.1) is 19.5 Å². The molecule has 19 heavy (non-hydrogen) atoms. The van der Waals surface area contributed by atoms with Crippen molar-refractivity contribution in [1.82, 2.24) is 19.1 Å². The van der Waals surface area contributed by atoms with E-state index in [2.05, 4.69) is 9.97 Å². The number of nitrogens with zero attached hydrogens (tertiary/aromatic N) is 3. The fraction of sp³-hybridized carbons (Fsp3) is 0.545. The van der Waals surface area contributed by atoms with Crippen molar-refractivity contribution in [3.8, 4) is 0 Å². The van der Waals surface area contributed by atoms with Crippen LogP contribution in [0.1, 0.15) is 13.0 Å². The lowest BCUT2D eigenvalue weighted by Gasteiger charge is -2.11. The Morgan fingerprint density at radius 1 is 1.53 bits per heavy atom. The maximum absolute atomic E-state index is 11.9. The molecule has 1 unspecified atom stereocenters. The smallest absolute Gasteiger partial charge is 0.330 e. The molecule has 8 nitrogen and oxygen atoms in total. The van der Waals surface area contributed by atoms with Crippen LogP contribution in [0.25, 0.3) is 11.2 Å². The van der Waals surface area contributed by atoms with E-state index < -0.39 is 11.2 Å². The average molecular weight is 267 g/mol. The molecular weight excluding hydrogens is 250 g/mol. The number of nitrogens with two attached hydrogens (primary N) is 1. The third-order valence-electron chi connectivity index (χ3n) is 3.05. The Hall–Kier alpha value is -1.93. The molecule has 0 aliphatic rings. The molecule has 0 bridgehead atoms. The van der Waals surface area contributed by atoms with E-state index in [1.165, 1.54) is 10.9 Å². The van der Waals surface area contributed by atoms with E-state index in [1.807, 2.05) is 6.92 Å². The van der Waals surface area contributed by atoms with Gasteiger partial charge in [0.1, 0.15) is 0 Å². The molecular formula is C11H17N5O3. The molecule has 0 spiro atoms. The normalized spacial score (nSPS) is 13.0. The number of imidazole rings is 1. The molecule has 0 fully saturated rings. The third-order valence-corrected chi connectivity index (χ3v) is 3.05. The molecule has 0 amide bonds. The quantitative estimate of drug-likeness (QED) is 0.726. The van der Waals surface area contributed by atoms with E-state index in [4.69, 9.17) is 10.5 Å². The standard InChI is InChI=1S/C11H17N5O3/c1-7(5-12)16-6-13-9-8(16)10(17)14-11(18)15(9)3-4-19-2/h6-7H,3-5,12H2,1-2H3,(H,14,17,18). The number of fused-ring (bicyclic) bond motifs is 1. The highest BCUT2D eigenvalue weighted by Gasteiger charge is 2.15. The average Bonchev–Trinajstić information content (AvgIpc) is 2.82. The Balaban J connectivity index is 2.68. The number of hydrogen-bond donors (Lipinski definition) is 2. The monoisotopic (exact) mass is 267 g/mol. The maximum atomic E-state index is 11.9. The van der Waals surface area contributed by atoms with Gasteiger partial charge in [0, 0.05) is 19.7 Å². The van der Waals surface area contributed by atoms with Crippen molar-refractivity contribution < 1.29 is 4.74 Å². The summed E-state index contributed by atoms with van der Waals surface area (Å²) in [6, 6.07) is -0.0699. The van der Waals surface area contributed by atoms with E-state index in [1.54, 1.807) is 11.7 Å². The van der Waals surface area contributed by atoms with Gasteiger partial charge < -0.3 is 15.0 Å². The van der Waals surface area contributed by atoms with E-state index >= 15 is 0 Å². The Bertz CT molecular complexity index is 684. The van der Waals surface area contributed by atoms with Gasteiger partial charge in [-0.15, -0.1) is 0 Å². The van der Waals surface area contributed by atoms with Gasteiger partial charge in [-0.25, -0.2) is 9.78 Å². The molecule has 0 aliphatic heterocycles. The molecule has 104 valence electrons. The Morgan fingerprint density at radius 3 is 2.89 bits per heavy atom. The number of rotatable bonds is 5. The minimum absolute atomic E-state index is 0.0699. The van der Waals surface area contributed by atoms with Crippen molar-refractivity contribution in [3.63, 3.8) is 0 Å². The lowest BCUT2D eigenvalue weighted by molar-refractivity contribution is 0.187. The second-order valence-electron chi connectivity index (χ2n) is 4.31. The molecule has 0 aliphatic carbocycles. The first-order valence-corrected chi connectivity index (χ1v) is 5.98. The minimum Gasteiger partial charge on any atom is -0.383 e. The second kappa shape index (κ2) is 5.37. The summed E-state index contributed by atoms with van der Waals surface area (Å²) in [7, 11) is 1.54. The number of aromatic nitrogens is 4. The van der Waals surface area contributed by atoms with Crippen LogP contribution >= 0.6 is 0 Å². The lowest BCUT2D eigenvalue weighted by atomic mass is 10.3. The first-order valence-electron chi connectivity index (χ1n) is 5.98. The summed E-state index contributed by atoms with van der Waals surface area (Å²) in [4.78, 5) is 30.2. The van der Waals surface area contributed by atoms with Crippen molar-refractivity contribution in [1.29, 1.82) is 0 Å². The van der Waals surface area contributed by atoms with Crippen molar-refractivity contribution in [3.05, 3.63) is 27.2 Å². The summed E-state index contributed by atoms with van der Waals surface area (Å²) in [5.41, 5.74) is 5.37. The molecule has 1 atom stereocenters. The topological polar surface area (TPSA) is 108 Å². The van der Waals surface area contributed by atoms with Crippen molar-refractivity contribution in [2.45, 2.75) is 19.5 Å². The highest BCUT2D eigenvalue weighted by Crippen LogP contribution is 2.11.